The number of benzene rings is 2. The van der Waals surface area contributed by atoms with Gasteiger partial charge in [0.25, 0.3) is 5.91 Å². The second kappa shape index (κ2) is 44.6. The number of aliphatic hydroxyl groups excluding tert-OH is 2. The number of aromatic carboxylic acids is 1. The van der Waals surface area contributed by atoms with Gasteiger partial charge < -0.3 is 105 Å². The summed E-state index contributed by atoms with van der Waals surface area (Å²) in [6.45, 7) is 20.9. The number of piperidine rings is 1. The van der Waals surface area contributed by atoms with Gasteiger partial charge in [-0.25, -0.2) is 38.9 Å². The molecule has 0 bridgehead atoms. The van der Waals surface area contributed by atoms with Gasteiger partial charge in [-0.05, 0) is 213 Å². The van der Waals surface area contributed by atoms with Gasteiger partial charge in [-0.2, -0.15) is 15.0 Å². The van der Waals surface area contributed by atoms with Crippen molar-refractivity contribution in [3.8, 4) is 11.5 Å². The van der Waals surface area contributed by atoms with Crippen molar-refractivity contribution in [2.45, 2.75) is 295 Å². The Hall–Kier alpha value is -10.7. The molecule has 2 aromatic carbocycles. The van der Waals surface area contributed by atoms with E-state index in [1.165, 1.54) is 59.0 Å². The molecule has 13 rings (SSSR count). The number of likely N-dealkylation sites (N-methyl/N-ethyl adjacent to an activating group) is 3. The van der Waals surface area contributed by atoms with Crippen LogP contribution < -0.4 is 70.8 Å². The molecular formula is C89H131ClN18O18. The number of amides is 6. The van der Waals surface area contributed by atoms with Gasteiger partial charge in [0.05, 0.1) is 56.9 Å². The summed E-state index contributed by atoms with van der Waals surface area (Å²) in [5.74, 6) is 2.05. The van der Waals surface area contributed by atoms with Crippen molar-refractivity contribution >= 4 is 123 Å². The van der Waals surface area contributed by atoms with Gasteiger partial charge in [-0.3, -0.25) is 19.2 Å². The van der Waals surface area contributed by atoms with Crippen molar-refractivity contribution in [1.29, 1.82) is 0 Å². The fraction of sp³-hybridized carbons (Fsp3) is 0.629. The second-order valence-corrected chi connectivity index (χ2v) is 35.5. The Morgan fingerprint density at radius 2 is 0.873 bits per heavy atom. The fourth-order valence-electron chi connectivity index (χ4n) is 17.0. The zero-order chi connectivity index (χ0) is 92.1. The number of methoxy groups -OCH3 is 3. The van der Waals surface area contributed by atoms with Gasteiger partial charge in [0.15, 0.2) is 17.5 Å². The van der Waals surface area contributed by atoms with E-state index in [1.54, 1.807) is 128 Å². The van der Waals surface area contributed by atoms with Crippen molar-refractivity contribution in [2.24, 2.45) is 0 Å². The van der Waals surface area contributed by atoms with Crippen LogP contribution in [-0.2, 0) is 42.9 Å². The third-order valence-electron chi connectivity index (χ3n) is 23.7. The number of hydrogen-bond donors (Lipinski definition) is 9. The summed E-state index contributed by atoms with van der Waals surface area (Å²) in [4.78, 5) is 149. The number of ether oxygens (including phenoxy) is 6. The maximum Gasteiger partial charge on any atom is 0.408 e. The molecule has 37 heteroatoms. The molecule has 5 aromatic rings. The van der Waals surface area contributed by atoms with Crippen LogP contribution in [0.2, 0.25) is 5.28 Å². The molecule has 0 radical (unpaired) electrons. The molecule has 4 saturated carbocycles. The predicted octanol–water partition coefficient (Wildman–Crippen LogP) is 12.2. The number of hydrogen-bond acceptors (Lipinski definition) is 29. The summed E-state index contributed by atoms with van der Waals surface area (Å²) in [7, 11) is 9.62. The van der Waals surface area contributed by atoms with Crippen LogP contribution in [0.1, 0.15) is 245 Å². The molecule has 5 atom stereocenters. The maximum atomic E-state index is 13.1. The number of carbonyl (C=O) groups excluding carboxylic acids is 8. The number of aromatic nitrogens is 6. The van der Waals surface area contributed by atoms with E-state index in [2.05, 4.69) is 78.2 Å². The molecule has 6 amide bonds. The first-order valence-corrected chi connectivity index (χ1v) is 44.4. The van der Waals surface area contributed by atoms with Crippen LogP contribution in [0.4, 0.5) is 67.4 Å². The van der Waals surface area contributed by atoms with E-state index in [1.807, 2.05) is 19.9 Å². The van der Waals surface area contributed by atoms with Crippen LogP contribution in [0.15, 0.2) is 55.0 Å². The Kier molecular flexibility index (Phi) is 35.1. The van der Waals surface area contributed by atoms with E-state index in [0.717, 1.165) is 145 Å². The van der Waals surface area contributed by atoms with Crippen LogP contribution in [-0.4, -0.2) is 238 Å². The first-order chi connectivity index (χ1) is 59.9. The Labute approximate surface area is 743 Å². The third-order valence-corrected chi connectivity index (χ3v) is 23.9. The molecule has 1 saturated heterocycles. The van der Waals surface area contributed by atoms with E-state index >= 15 is 0 Å². The summed E-state index contributed by atoms with van der Waals surface area (Å²) < 4.78 is 31.2. The van der Waals surface area contributed by atoms with Gasteiger partial charge >= 0.3 is 30.1 Å². The zero-order valence-corrected chi connectivity index (χ0v) is 76.9. The normalized spacial score (nSPS) is 19.5. The van der Waals surface area contributed by atoms with Crippen LogP contribution in [0, 0.1) is 0 Å². The number of halogens is 1. The maximum absolute atomic E-state index is 13.1. The third kappa shape index (κ3) is 25.2. The highest BCUT2D eigenvalue weighted by atomic mass is 35.5. The summed E-state index contributed by atoms with van der Waals surface area (Å²) >= 11 is 5.97. The Morgan fingerprint density at radius 3 is 1.24 bits per heavy atom. The summed E-state index contributed by atoms with van der Waals surface area (Å²) in [5.41, 5.74) is 0.219. The molecule has 4 aliphatic heterocycles. The van der Waals surface area contributed by atoms with Gasteiger partial charge in [0, 0.05) is 76.9 Å². The number of alkyl carbamates (subject to hydrolysis) is 2. The average Bonchev–Trinajstić information content (AvgIpc) is 0.901. The molecule has 7 heterocycles. The highest BCUT2D eigenvalue weighted by Gasteiger charge is 2.46. The van der Waals surface area contributed by atoms with Gasteiger partial charge in [0.2, 0.25) is 34.9 Å². The molecule has 3 aromatic heterocycles. The number of nitrogens with one attached hydrogen (secondary N) is 6. The molecule has 36 nitrogen and oxygen atoms in total. The van der Waals surface area contributed by atoms with Crippen molar-refractivity contribution in [1.82, 2.24) is 51.2 Å². The molecule has 126 heavy (non-hydrogen) atoms. The van der Waals surface area contributed by atoms with Crippen LogP contribution in [0.3, 0.4) is 0 Å². The number of fused-ring (bicyclic) bond motifs is 3. The minimum absolute atomic E-state index is 0.0545. The predicted molar refractivity (Wildman–Crippen MR) is 480 cm³/mol. The van der Waals surface area contributed by atoms with E-state index in [4.69, 9.17) is 55.5 Å². The van der Waals surface area contributed by atoms with Crippen molar-refractivity contribution in [2.75, 3.05) is 109 Å². The summed E-state index contributed by atoms with van der Waals surface area (Å²) in [6.07, 6.45) is 25.1. The first kappa shape index (κ1) is 99.1. The van der Waals surface area contributed by atoms with E-state index < -0.39 is 52.4 Å². The standard InChI is InChI=1S/C27H37N7O3.C22H27N5O4.C15H27NO5.C14H19ClN4O.C11H21NO5/c1-4-21-26(36)33(2)22-16-29-27(32-24(22)34(21)19-7-5-6-8-19)31-20-10-9-17(15-23(20)37-3)25(35)30-18-11-13-28-14-12-18;1-4-16-20(28)26(2)17-12-23-22(25-19(17)27(16)14-7-5-6-8-14)24-15-10-9-13(21(29)30)11-18(15)31-3;1-14(2,3)21-13(19)16-15(4,9-10-17)12(18)20-11-7-5-6-8-11;1-3-10-13(20)18(2)11-8-16-14(15)17-12(11)19(10)9-6-4-5-7-9;1-10(2,3)17-9(15)12-11(4,6-7-13)8(14)16-5/h9-10,15-16,18-19,21,28H,4-8,11-14H2,1-3H3,(H,30,35)(H,29,31,32);9-12,14,16H,4-8H2,1-3H3,(H,29,30)(H,23,24,25);11,17H,5-10H2,1-4H3,(H,16,19);8-10H,3-7H2,1-2H3;13H,6-7H2,1-5H3,(H,12,15)/t21-;16-;;10-;/m11.1./s1. The van der Waals surface area contributed by atoms with E-state index in [9.17, 15) is 48.3 Å². The number of carboxylic acids is 1. The number of rotatable bonds is 24. The number of carbonyl (C=O) groups is 9. The number of esters is 2. The Morgan fingerprint density at radius 1 is 0.508 bits per heavy atom. The van der Waals surface area contributed by atoms with Crippen LogP contribution in [0.25, 0.3) is 0 Å². The topological polar surface area (TPSA) is 439 Å². The lowest BCUT2D eigenvalue weighted by Gasteiger charge is -2.43. The molecule has 0 spiro atoms. The van der Waals surface area contributed by atoms with E-state index in [0.29, 0.717) is 64.5 Å². The smallest absolute Gasteiger partial charge is 0.408 e. The average molecular weight is 1780 g/mol. The first-order valence-electron chi connectivity index (χ1n) is 44.0. The fourth-order valence-corrected chi connectivity index (χ4v) is 17.2. The highest BCUT2D eigenvalue weighted by molar-refractivity contribution is 6.28. The minimum Gasteiger partial charge on any atom is -0.495 e. The second-order valence-electron chi connectivity index (χ2n) is 35.2. The molecular weight excluding hydrogens is 1640 g/mol. The lowest BCUT2D eigenvalue weighted by Crippen LogP contribution is -2.55. The molecule has 692 valence electrons. The van der Waals surface area contributed by atoms with Crippen LogP contribution in [0.5, 0.6) is 11.5 Å². The lowest BCUT2D eigenvalue weighted by molar-refractivity contribution is -0.157. The number of anilines is 10. The molecule has 2 unspecified atom stereocenters. The monoisotopic (exact) mass is 1770 g/mol. The Balaban J connectivity index is 0.000000184. The largest absolute Gasteiger partial charge is 0.495 e. The van der Waals surface area contributed by atoms with Gasteiger partial charge in [-0.15, -0.1) is 0 Å². The number of carboxylic acid groups (broad SMARTS) is 1. The summed E-state index contributed by atoms with van der Waals surface area (Å²) in [5, 5.41) is 45.3. The molecule has 8 aliphatic rings. The molecule has 9 N–H and O–H groups in total. The lowest BCUT2D eigenvalue weighted by atomic mass is 9.98. The quantitative estimate of drug-likeness (QED) is 0.0157. The van der Waals surface area contributed by atoms with Crippen LogP contribution >= 0.6 is 11.6 Å². The molecule has 5 fully saturated rings. The number of aliphatic hydroxyl groups is 2. The SMILES string of the molecule is CC(C)(C)OC(=O)NC(C)(CCO)C(=O)OC1CCCC1.CC[C@@H]1C(=O)N(C)c2cnc(Cl)nc2N1C1CCCC1.CC[C@@H]1C(=O)N(C)c2cnc(Nc3ccc(C(=O)NC4CCNCC4)cc3OC)nc2N1C1CCCC1.CC[C@@H]1C(=O)N(C)c2cnc(Nc3ccc(C(=O)O)cc3OC)nc2N1C1CCCC1.COC(=O)C(C)(CCO)NC(=O)OC(C)(C)C. The van der Waals surface area contributed by atoms with Crippen molar-refractivity contribution in [3.63, 3.8) is 0 Å². The van der Waals surface area contributed by atoms with Gasteiger partial charge in [0.1, 0.15) is 75.1 Å². The van der Waals surface area contributed by atoms with E-state index in [-0.39, 0.29) is 96.8 Å². The van der Waals surface area contributed by atoms with Crippen molar-refractivity contribution in [3.05, 3.63) is 71.4 Å². The van der Waals surface area contributed by atoms with Crippen molar-refractivity contribution < 1.29 is 86.9 Å². The zero-order valence-electron chi connectivity index (χ0n) is 76.1. The Bertz CT molecular complexity index is 4580. The minimum atomic E-state index is -1.29. The number of nitrogens with zero attached hydrogens (tertiary/aromatic N) is 12. The summed E-state index contributed by atoms with van der Waals surface area (Å²) in [6, 6.07) is 10.5. The molecule has 4 aliphatic carbocycles. The highest BCUT2D eigenvalue weighted by Crippen LogP contribution is 2.45. The van der Waals surface area contributed by atoms with Gasteiger partial charge in [-0.1, -0.05) is 59.3 Å².